The Morgan fingerprint density at radius 2 is 2.00 bits per heavy atom. The number of hydrazine groups is 3. The average Bonchev–Trinajstić information content (AvgIpc) is 2.16. The molecule has 0 aliphatic carbocycles. The first-order chi connectivity index (χ1) is 6.17. The Hall–Kier alpha value is -1.64. The fourth-order valence-electron chi connectivity index (χ4n) is 0.754. The monoisotopic (exact) mass is 184 g/mol. The van der Waals surface area contributed by atoms with Crippen molar-refractivity contribution in [1.29, 1.82) is 0 Å². The molecule has 0 fully saturated rings. The summed E-state index contributed by atoms with van der Waals surface area (Å²) in [6.45, 7) is 0. The number of nitrogens with one attached hydrogen (secondary N) is 2. The molecule has 13 heavy (non-hydrogen) atoms. The molecule has 0 aliphatic heterocycles. The molecule has 0 bridgehead atoms. The first kappa shape index (κ1) is 9.45. The van der Waals surface area contributed by atoms with Crippen LogP contribution < -0.4 is 33.4 Å². The molecule has 1 heterocycles. The van der Waals surface area contributed by atoms with Crippen molar-refractivity contribution >= 4 is 17.6 Å². The quantitative estimate of drug-likeness (QED) is 0.279. The van der Waals surface area contributed by atoms with Crippen molar-refractivity contribution < 1.29 is 0 Å². The minimum Gasteiger partial charge on any atom is -0.308 e. The van der Waals surface area contributed by atoms with E-state index < -0.39 is 0 Å². The highest BCUT2D eigenvalue weighted by Gasteiger charge is 2.03. The van der Waals surface area contributed by atoms with E-state index in [9.17, 15) is 0 Å². The first-order valence-electron chi connectivity index (χ1n) is 3.48. The molecule has 0 aromatic carbocycles. The summed E-state index contributed by atoms with van der Waals surface area (Å²) < 4.78 is 0. The van der Waals surface area contributed by atoms with Gasteiger partial charge in [0.05, 0.1) is 0 Å². The van der Waals surface area contributed by atoms with Gasteiger partial charge in [-0.1, -0.05) is 0 Å². The smallest absolute Gasteiger partial charge is 0.241 e. The lowest BCUT2D eigenvalue weighted by molar-refractivity contribution is 0.959. The Morgan fingerprint density at radius 3 is 2.46 bits per heavy atom. The van der Waals surface area contributed by atoms with Crippen molar-refractivity contribution in [3.63, 3.8) is 0 Å². The van der Waals surface area contributed by atoms with E-state index in [1.165, 1.54) is 5.01 Å². The number of hydrogen-bond acceptors (Lipinski definition) is 8. The second kappa shape index (κ2) is 3.85. The largest absolute Gasteiger partial charge is 0.308 e. The molecular formula is C5H12N8. The van der Waals surface area contributed by atoms with E-state index >= 15 is 0 Å². The van der Waals surface area contributed by atoms with Crippen LogP contribution in [-0.4, -0.2) is 17.0 Å². The molecule has 72 valence electrons. The number of hydrogen-bond donors (Lipinski definition) is 5. The van der Waals surface area contributed by atoms with Crippen LogP contribution in [0.1, 0.15) is 0 Å². The molecule has 0 unspecified atom stereocenters. The number of nitrogens with two attached hydrogens (primary N) is 3. The zero-order valence-corrected chi connectivity index (χ0v) is 7.15. The highest BCUT2D eigenvalue weighted by molar-refractivity contribution is 5.51. The van der Waals surface area contributed by atoms with Crippen LogP contribution in [0.4, 0.5) is 17.6 Å². The molecule has 1 aromatic rings. The van der Waals surface area contributed by atoms with Gasteiger partial charge in [0.15, 0.2) is 0 Å². The molecule has 8 nitrogen and oxygen atoms in total. The Bertz CT molecular complexity index is 262. The topological polar surface area (TPSA) is 131 Å². The van der Waals surface area contributed by atoms with Gasteiger partial charge in [0.1, 0.15) is 11.6 Å². The Balaban J connectivity index is 3.07. The molecule has 0 aliphatic rings. The van der Waals surface area contributed by atoms with Gasteiger partial charge >= 0.3 is 0 Å². The fourth-order valence-corrected chi connectivity index (χ4v) is 0.754. The van der Waals surface area contributed by atoms with Gasteiger partial charge in [0.2, 0.25) is 5.95 Å². The second-order valence-electron chi connectivity index (χ2n) is 2.33. The van der Waals surface area contributed by atoms with Gasteiger partial charge in [0.25, 0.3) is 0 Å². The molecule has 0 radical (unpaired) electrons. The summed E-state index contributed by atoms with van der Waals surface area (Å²) in [6.07, 6.45) is 0. The minimum atomic E-state index is 0.239. The molecule has 0 saturated carbocycles. The van der Waals surface area contributed by atoms with Crippen LogP contribution in [0.3, 0.4) is 0 Å². The highest BCUT2D eigenvalue weighted by Crippen LogP contribution is 2.13. The molecule has 1 rings (SSSR count). The van der Waals surface area contributed by atoms with E-state index in [-0.39, 0.29) is 5.95 Å². The normalized spacial score (nSPS) is 9.54. The van der Waals surface area contributed by atoms with Crippen LogP contribution in [-0.2, 0) is 0 Å². The number of nitrogens with zero attached hydrogens (tertiary/aromatic N) is 3. The maximum Gasteiger partial charge on any atom is 0.241 e. The Morgan fingerprint density at radius 1 is 1.31 bits per heavy atom. The van der Waals surface area contributed by atoms with Crippen molar-refractivity contribution in [2.45, 2.75) is 0 Å². The van der Waals surface area contributed by atoms with Crippen LogP contribution in [0, 0.1) is 0 Å². The van der Waals surface area contributed by atoms with Crippen LogP contribution in [0.5, 0.6) is 0 Å². The van der Waals surface area contributed by atoms with Crippen molar-refractivity contribution in [2.75, 3.05) is 22.9 Å². The summed E-state index contributed by atoms with van der Waals surface area (Å²) in [5, 5.41) is 1.32. The van der Waals surface area contributed by atoms with E-state index in [2.05, 4.69) is 20.8 Å². The third-order valence-corrected chi connectivity index (χ3v) is 1.35. The predicted molar refractivity (Wildman–Crippen MR) is 50.2 cm³/mol. The van der Waals surface area contributed by atoms with Gasteiger partial charge in [0, 0.05) is 13.1 Å². The predicted octanol–water partition coefficient (Wildman–Crippen LogP) is -1.64. The summed E-state index contributed by atoms with van der Waals surface area (Å²) in [7, 11) is 1.64. The van der Waals surface area contributed by atoms with Gasteiger partial charge in [-0.15, -0.1) is 0 Å². The van der Waals surface area contributed by atoms with Gasteiger partial charge in [-0.25, -0.2) is 17.5 Å². The van der Waals surface area contributed by atoms with Crippen LogP contribution in [0.15, 0.2) is 6.07 Å². The lowest BCUT2D eigenvalue weighted by Crippen LogP contribution is -2.27. The number of rotatable bonds is 3. The van der Waals surface area contributed by atoms with Crippen LogP contribution in [0.25, 0.3) is 0 Å². The van der Waals surface area contributed by atoms with E-state index in [0.717, 1.165) is 0 Å². The molecule has 0 spiro atoms. The number of anilines is 3. The van der Waals surface area contributed by atoms with E-state index in [1.54, 1.807) is 13.1 Å². The van der Waals surface area contributed by atoms with E-state index in [0.29, 0.717) is 11.6 Å². The minimum absolute atomic E-state index is 0.239. The van der Waals surface area contributed by atoms with E-state index in [1.807, 2.05) is 0 Å². The molecule has 1 aromatic heterocycles. The van der Waals surface area contributed by atoms with E-state index in [4.69, 9.17) is 17.5 Å². The fraction of sp³-hybridized carbons (Fsp3) is 0.200. The summed E-state index contributed by atoms with van der Waals surface area (Å²) in [5.41, 5.74) is 4.66. The van der Waals surface area contributed by atoms with Gasteiger partial charge in [-0.2, -0.15) is 9.97 Å². The summed E-state index contributed by atoms with van der Waals surface area (Å²) in [6, 6.07) is 1.58. The second-order valence-corrected chi connectivity index (χ2v) is 2.33. The molecule has 8 heteroatoms. The Labute approximate surface area is 75.0 Å². The number of nitrogen functional groups attached to an aromatic ring is 2. The lowest BCUT2D eigenvalue weighted by atomic mass is 10.5. The van der Waals surface area contributed by atoms with Gasteiger partial charge < -0.3 is 5.43 Å². The maximum atomic E-state index is 5.47. The van der Waals surface area contributed by atoms with Crippen molar-refractivity contribution in [3.8, 4) is 0 Å². The lowest BCUT2D eigenvalue weighted by Gasteiger charge is -2.12. The van der Waals surface area contributed by atoms with Crippen LogP contribution >= 0.6 is 0 Å². The van der Waals surface area contributed by atoms with Crippen molar-refractivity contribution in [1.82, 2.24) is 9.97 Å². The SMILES string of the molecule is CN(N)c1cc(NN)nc(NN)n1. The third kappa shape index (κ3) is 2.15. The zero-order chi connectivity index (χ0) is 9.84. The average molecular weight is 184 g/mol. The Kier molecular flexibility index (Phi) is 2.80. The molecular weight excluding hydrogens is 172 g/mol. The maximum absolute atomic E-state index is 5.47. The van der Waals surface area contributed by atoms with Crippen molar-refractivity contribution in [2.24, 2.45) is 17.5 Å². The molecule has 0 amide bonds. The van der Waals surface area contributed by atoms with Crippen molar-refractivity contribution in [3.05, 3.63) is 6.07 Å². The highest BCUT2D eigenvalue weighted by atomic mass is 15.4. The zero-order valence-electron chi connectivity index (χ0n) is 7.15. The summed E-state index contributed by atoms with van der Waals surface area (Å²) in [5.74, 6) is 16.9. The third-order valence-electron chi connectivity index (χ3n) is 1.35. The van der Waals surface area contributed by atoms with Gasteiger partial charge in [-0.05, 0) is 0 Å². The molecule has 0 atom stereocenters. The summed E-state index contributed by atoms with van der Waals surface area (Å²) in [4.78, 5) is 7.84. The molecule has 0 saturated heterocycles. The first-order valence-corrected chi connectivity index (χ1v) is 3.48. The van der Waals surface area contributed by atoms with Gasteiger partial charge in [-0.3, -0.25) is 10.4 Å². The number of aromatic nitrogens is 2. The summed E-state index contributed by atoms with van der Waals surface area (Å²) >= 11 is 0. The molecule has 8 N–H and O–H groups in total. The van der Waals surface area contributed by atoms with Crippen LogP contribution in [0.2, 0.25) is 0 Å². The standard InChI is InChI=1S/C5H12N8/c1-13(8)4-2-3(11-6)9-5(10-4)12-7/h2H,6-8H2,1H3,(H2,9,10,11,12).